The van der Waals surface area contributed by atoms with Gasteiger partial charge in [0, 0.05) is 13.0 Å². The topological polar surface area (TPSA) is 70.8 Å². The van der Waals surface area contributed by atoms with E-state index in [0.29, 0.717) is 29.4 Å². The Balaban J connectivity index is 3.25. The Kier molecular flexibility index (Phi) is 5.83. The minimum atomic E-state index is -0.444. The second kappa shape index (κ2) is 7.37. The molecule has 0 heterocycles. The molecule has 6 heteroatoms. The Hall–Kier alpha value is -2.24. The molecule has 0 radical (unpaired) electrons. The maximum absolute atomic E-state index is 10.7. The maximum Gasteiger partial charge on any atom is 0.243 e. The van der Waals surface area contributed by atoms with E-state index < -0.39 is 4.92 Å². The van der Waals surface area contributed by atoms with Gasteiger partial charge in [-0.2, -0.15) is 0 Å². The van der Waals surface area contributed by atoms with Crippen LogP contribution in [0.4, 0.5) is 0 Å². The first-order valence-electron chi connectivity index (χ1n) is 6.25. The molecule has 20 heavy (non-hydrogen) atoms. The van der Waals surface area contributed by atoms with Gasteiger partial charge in [-0.3, -0.25) is 10.1 Å². The summed E-state index contributed by atoms with van der Waals surface area (Å²) < 4.78 is 16.1. The van der Waals surface area contributed by atoms with Crippen LogP contribution in [0.25, 0.3) is 6.08 Å². The summed E-state index contributed by atoms with van der Waals surface area (Å²) >= 11 is 0. The van der Waals surface area contributed by atoms with E-state index in [4.69, 9.17) is 14.2 Å². The Labute approximate surface area is 118 Å². The van der Waals surface area contributed by atoms with Crippen LogP contribution in [0, 0.1) is 10.1 Å². The van der Waals surface area contributed by atoms with Crippen LogP contribution < -0.4 is 14.2 Å². The van der Waals surface area contributed by atoms with Gasteiger partial charge >= 0.3 is 0 Å². The minimum Gasteiger partial charge on any atom is -0.493 e. The largest absolute Gasteiger partial charge is 0.493 e. The van der Waals surface area contributed by atoms with Crippen LogP contribution in [0.5, 0.6) is 17.2 Å². The summed E-state index contributed by atoms with van der Waals surface area (Å²) in [6.45, 7) is 3.97. The molecule has 0 atom stereocenters. The van der Waals surface area contributed by atoms with Crippen molar-refractivity contribution in [3.8, 4) is 17.2 Å². The number of allylic oxidation sites excluding steroid dienone is 1. The molecule has 0 spiro atoms. The Bertz CT molecular complexity index is 485. The molecule has 0 saturated heterocycles. The summed E-state index contributed by atoms with van der Waals surface area (Å²) in [6.07, 6.45) is 2.31. The predicted octanol–water partition coefficient (Wildman–Crippen LogP) is 3.13. The lowest BCUT2D eigenvalue weighted by Crippen LogP contribution is -2.01. The van der Waals surface area contributed by atoms with Gasteiger partial charge in [-0.25, -0.2) is 0 Å². The number of benzene rings is 1. The van der Waals surface area contributed by atoms with Crippen molar-refractivity contribution in [1.82, 2.24) is 0 Å². The summed E-state index contributed by atoms with van der Waals surface area (Å²) in [5, 5.41) is 10.7. The van der Waals surface area contributed by atoms with Crippen molar-refractivity contribution in [3.05, 3.63) is 33.5 Å². The van der Waals surface area contributed by atoms with E-state index in [9.17, 15) is 10.1 Å². The average Bonchev–Trinajstić information content (AvgIpc) is 2.44. The van der Waals surface area contributed by atoms with Crippen molar-refractivity contribution < 1.29 is 19.1 Å². The van der Waals surface area contributed by atoms with Gasteiger partial charge in [0.05, 0.1) is 25.7 Å². The van der Waals surface area contributed by atoms with Gasteiger partial charge in [-0.1, -0.05) is 6.92 Å². The van der Waals surface area contributed by atoms with Gasteiger partial charge in [0.2, 0.25) is 11.4 Å². The summed E-state index contributed by atoms with van der Waals surface area (Å²) in [5.74, 6) is 1.48. The fourth-order valence-electron chi connectivity index (χ4n) is 1.62. The highest BCUT2D eigenvalue weighted by molar-refractivity contribution is 5.62. The first-order valence-corrected chi connectivity index (χ1v) is 6.25. The zero-order valence-corrected chi connectivity index (χ0v) is 12.1. The first kappa shape index (κ1) is 15.8. The fourth-order valence-corrected chi connectivity index (χ4v) is 1.62. The number of hydrogen-bond donors (Lipinski definition) is 0. The number of ether oxygens (including phenoxy) is 3. The summed E-state index contributed by atoms with van der Waals surface area (Å²) in [7, 11) is 3.03. The molecule has 1 aromatic rings. The summed E-state index contributed by atoms with van der Waals surface area (Å²) in [5.41, 5.74) is 0.660. The Morgan fingerprint density at radius 1 is 1.30 bits per heavy atom. The molecule has 1 aromatic carbocycles. The standard InChI is InChI=1S/C14H19NO5/c1-5-6-20-14-12(18-3)8-11(9-13(14)19-4)7-10(2)15(16)17/h7-9H,5-6H2,1-4H3. The van der Waals surface area contributed by atoms with E-state index in [2.05, 4.69) is 0 Å². The number of rotatable bonds is 7. The highest BCUT2D eigenvalue weighted by atomic mass is 16.6. The zero-order chi connectivity index (χ0) is 15.1. The molecule has 0 aliphatic rings. The van der Waals surface area contributed by atoms with Crippen LogP contribution in [-0.4, -0.2) is 25.7 Å². The molecule has 0 aliphatic heterocycles. The van der Waals surface area contributed by atoms with E-state index in [0.717, 1.165) is 6.42 Å². The molecular weight excluding hydrogens is 262 g/mol. The van der Waals surface area contributed by atoms with Crippen molar-refractivity contribution in [1.29, 1.82) is 0 Å². The minimum absolute atomic E-state index is 0.0383. The Morgan fingerprint density at radius 3 is 2.25 bits per heavy atom. The average molecular weight is 281 g/mol. The third kappa shape index (κ3) is 3.88. The third-order valence-electron chi connectivity index (χ3n) is 2.60. The lowest BCUT2D eigenvalue weighted by molar-refractivity contribution is -0.422. The van der Waals surface area contributed by atoms with Crippen molar-refractivity contribution in [2.75, 3.05) is 20.8 Å². The van der Waals surface area contributed by atoms with Gasteiger partial charge in [-0.15, -0.1) is 0 Å². The molecule has 0 saturated carbocycles. The SMILES string of the molecule is CCCOc1c(OC)cc(C=C(C)[N+](=O)[O-])cc1OC. The second-order valence-electron chi connectivity index (χ2n) is 4.15. The monoisotopic (exact) mass is 281 g/mol. The zero-order valence-electron chi connectivity index (χ0n) is 12.1. The smallest absolute Gasteiger partial charge is 0.243 e. The van der Waals surface area contributed by atoms with Crippen molar-refractivity contribution in [2.45, 2.75) is 20.3 Å². The van der Waals surface area contributed by atoms with E-state index in [-0.39, 0.29) is 5.70 Å². The van der Waals surface area contributed by atoms with E-state index in [1.165, 1.54) is 27.2 Å². The number of nitro groups is 1. The molecule has 110 valence electrons. The van der Waals surface area contributed by atoms with Crippen molar-refractivity contribution >= 4 is 6.08 Å². The van der Waals surface area contributed by atoms with Crippen molar-refractivity contribution in [2.24, 2.45) is 0 Å². The molecule has 0 fully saturated rings. The molecule has 1 rings (SSSR count). The van der Waals surface area contributed by atoms with E-state index in [1.807, 2.05) is 6.92 Å². The van der Waals surface area contributed by atoms with Crippen LogP contribution in [-0.2, 0) is 0 Å². The molecule has 0 N–H and O–H groups in total. The van der Waals surface area contributed by atoms with Crippen LogP contribution in [0.2, 0.25) is 0 Å². The second-order valence-corrected chi connectivity index (χ2v) is 4.15. The van der Waals surface area contributed by atoms with Gasteiger partial charge < -0.3 is 14.2 Å². The first-order chi connectivity index (χ1) is 9.53. The van der Waals surface area contributed by atoms with Crippen LogP contribution in [0.3, 0.4) is 0 Å². The molecule has 0 aromatic heterocycles. The van der Waals surface area contributed by atoms with E-state index in [1.54, 1.807) is 12.1 Å². The maximum atomic E-state index is 10.7. The number of hydrogen-bond acceptors (Lipinski definition) is 5. The van der Waals surface area contributed by atoms with E-state index >= 15 is 0 Å². The third-order valence-corrected chi connectivity index (χ3v) is 2.60. The molecular formula is C14H19NO5. The van der Waals surface area contributed by atoms with Gasteiger partial charge in [0.15, 0.2) is 11.5 Å². The quantitative estimate of drug-likeness (QED) is 0.567. The fraction of sp³-hybridized carbons (Fsp3) is 0.429. The van der Waals surface area contributed by atoms with Gasteiger partial charge in [0.1, 0.15) is 0 Å². The predicted molar refractivity (Wildman–Crippen MR) is 76.0 cm³/mol. The molecule has 0 amide bonds. The Morgan fingerprint density at radius 2 is 1.85 bits per heavy atom. The lowest BCUT2D eigenvalue weighted by atomic mass is 10.1. The molecule has 0 aliphatic carbocycles. The van der Waals surface area contributed by atoms with Gasteiger partial charge in [-0.05, 0) is 24.1 Å². The van der Waals surface area contributed by atoms with Crippen LogP contribution in [0.15, 0.2) is 17.8 Å². The summed E-state index contributed by atoms with van der Waals surface area (Å²) in [6, 6.07) is 3.36. The van der Waals surface area contributed by atoms with Crippen molar-refractivity contribution in [3.63, 3.8) is 0 Å². The lowest BCUT2D eigenvalue weighted by Gasteiger charge is -2.14. The molecule has 6 nitrogen and oxygen atoms in total. The highest BCUT2D eigenvalue weighted by Gasteiger charge is 2.14. The number of methoxy groups -OCH3 is 2. The molecule has 0 unspecified atom stereocenters. The van der Waals surface area contributed by atoms with Crippen LogP contribution in [0.1, 0.15) is 25.8 Å². The highest BCUT2D eigenvalue weighted by Crippen LogP contribution is 2.39. The van der Waals surface area contributed by atoms with Crippen LogP contribution >= 0.6 is 0 Å². The number of nitrogens with zero attached hydrogens (tertiary/aromatic N) is 1. The summed E-state index contributed by atoms with van der Waals surface area (Å²) in [4.78, 5) is 10.2. The molecule has 0 bridgehead atoms. The normalized spacial score (nSPS) is 11.1. The van der Waals surface area contributed by atoms with Gasteiger partial charge in [0.25, 0.3) is 0 Å².